The fourth-order valence-corrected chi connectivity index (χ4v) is 3.81. The molecule has 2 aromatic rings. The summed E-state index contributed by atoms with van der Waals surface area (Å²) in [5, 5.41) is 7.10. The van der Waals surface area contributed by atoms with Crippen molar-refractivity contribution in [2.24, 2.45) is 10.7 Å². The number of aryl methyl sites for hydroxylation is 2. The number of thiazole rings is 1. The number of aliphatic imine (C=N–C) groups is 1. The van der Waals surface area contributed by atoms with E-state index in [1.165, 1.54) is 0 Å². The molecule has 2 aromatic heterocycles. The van der Waals surface area contributed by atoms with Gasteiger partial charge in [-0.1, -0.05) is 12.1 Å². The van der Waals surface area contributed by atoms with Crippen LogP contribution in [0.2, 0.25) is 0 Å². The van der Waals surface area contributed by atoms with Crippen LogP contribution in [0, 0.1) is 13.8 Å². The van der Waals surface area contributed by atoms with Crippen LogP contribution in [0.15, 0.2) is 21.1 Å². The topological polar surface area (TPSA) is 83.8 Å². The molecule has 3 heterocycles. The number of nitrogens with two attached hydrogens (primary N) is 1. The lowest BCUT2D eigenvalue weighted by Crippen LogP contribution is -2.51. The maximum Gasteiger partial charge on any atom is 0.191 e. The summed E-state index contributed by atoms with van der Waals surface area (Å²) < 4.78 is 5.24. The minimum Gasteiger partial charge on any atom is -0.370 e. The van der Waals surface area contributed by atoms with Gasteiger partial charge in [0.15, 0.2) is 11.1 Å². The fraction of sp³-hybridized carbons (Fsp3) is 0.562. The summed E-state index contributed by atoms with van der Waals surface area (Å²) in [7, 11) is 0. The Morgan fingerprint density at radius 1 is 1.36 bits per heavy atom. The monoisotopic (exact) mass is 476 g/mol. The van der Waals surface area contributed by atoms with E-state index in [-0.39, 0.29) is 29.9 Å². The number of hydrogen-bond acceptors (Lipinski definition) is 6. The van der Waals surface area contributed by atoms with Gasteiger partial charge in [0, 0.05) is 55.8 Å². The predicted molar refractivity (Wildman–Crippen MR) is 112 cm³/mol. The first-order valence-corrected chi connectivity index (χ1v) is 9.06. The van der Waals surface area contributed by atoms with Gasteiger partial charge in [0.1, 0.15) is 5.76 Å². The van der Waals surface area contributed by atoms with E-state index >= 15 is 0 Å². The van der Waals surface area contributed by atoms with Crippen molar-refractivity contribution in [1.82, 2.24) is 15.0 Å². The molecule has 7 nitrogen and oxygen atoms in total. The SMILES string of the molecule is Cc1noc(C)c1C(C)CN=C(N)N1CCN(c2nccs2)CC1.I. The van der Waals surface area contributed by atoms with Crippen molar-refractivity contribution in [3.05, 3.63) is 28.6 Å². The molecule has 1 unspecified atom stereocenters. The van der Waals surface area contributed by atoms with Gasteiger partial charge in [-0.3, -0.25) is 4.99 Å². The lowest BCUT2D eigenvalue weighted by Gasteiger charge is -2.35. The molecule has 25 heavy (non-hydrogen) atoms. The first-order chi connectivity index (χ1) is 11.6. The van der Waals surface area contributed by atoms with E-state index in [1.54, 1.807) is 11.3 Å². The van der Waals surface area contributed by atoms with Gasteiger partial charge >= 0.3 is 0 Å². The third kappa shape index (κ3) is 4.63. The zero-order valence-electron chi connectivity index (χ0n) is 14.8. The maximum absolute atomic E-state index is 6.20. The molecule has 9 heteroatoms. The highest BCUT2D eigenvalue weighted by atomic mass is 127. The molecule has 2 N–H and O–H groups in total. The second-order valence-corrected chi connectivity index (χ2v) is 7.00. The number of hydrogen-bond donors (Lipinski definition) is 1. The molecule has 138 valence electrons. The number of halogens is 1. The molecule has 1 saturated heterocycles. The van der Waals surface area contributed by atoms with Crippen LogP contribution in [0.5, 0.6) is 0 Å². The van der Waals surface area contributed by atoms with Gasteiger partial charge in [0.05, 0.1) is 5.69 Å². The summed E-state index contributed by atoms with van der Waals surface area (Å²) >= 11 is 1.67. The number of aromatic nitrogens is 2. The zero-order chi connectivity index (χ0) is 17.1. The first kappa shape index (κ1) is 20.0. The average molecular weight is 476 g/mol. The van der Waals surface area contributed by atoms with Crippen LogP contribution in [-0.4, -0.2) is 53.7 Å². The van der Waals surface area contributed by atoms with Crippen LogP contribution in [0.3, 0.4) is 0 Å². The molecule has 1 aliphatic rings. The number of guanidine groups is 1. The summed E-state index contributed by atoms with van der Waals surface area (Å²) in [6.07, 6.45) is 1.85. The Hall–Kier alpha value is -1.36. The lowest BCUT2D eigenvalue weighted by molar-refractivity contribution is 0.380. The summed E-state index contributed by atoms with van der Waals surface area (Å²) in [5.41, 5.74) is 8.27. The van der Waals surface area contributed by atoms with E-state index in [0.29, 0.717) is 12.5 Å². The van der Waals surface area contributed by atoms with Gasteiger partial charge in [0.2, 0.25) is 0 Å². The van der Waals surface area contributed by atoms with Gasteiger partial charge in [0.25, 0.3) is 0 Å². The summed E-state index contributed by atoms with van der Waals surface area (Å²) in [6, 6.07) is 0. The molecule has 0 radical (unpaired) electrons. The highest BCUT2D eigenvalue weighted by Crippen LogP contribution is 2.23. The van der Waals surface area contributed by atoms with E-state index < -0.39 is 0 Å². The molecule has 0 aromatic carbocycles. The van der Waals surface area contributed by atoms with Crippen molar-refractivity contribution in [3.63, 3.8) is 0 Å². The van der Waals surface area contributed by atoms with Crippen molar-refractivity contribution >= 4 is 46.4 Å². The molecule has 3 rings (SSSR count). The standard InChI is InChI=1S/C16H24N6OS.HI/c1-11(14-12(2)20-23-13(14)3)10-19-15(17)21-5-7-22(8-6-21)16-18-4-9-24-16;/h4,9,11H,5-8,10H2,1-3H3,(H2,17,19);1H. The van der Waals surface area contributed by atoms with Crippen LogP contribution >= 0.6 is 35.3 Å². The Balaban J connectivity index is 0.00000225. The van der Waals surface area contributed by atoms with Gasteiger partial charge in [-0.25, -0.2) is 4.98 Å². The predicted octanol–water partition coefficient (Wildman–Crippen LogP) is 2.61. The van der Waals surface area contributed by atoms with Crippen molar-refractivity contribution in [1.29, 1.82) is 0 Å². The number of anilines is 1. The van der Waals surface area contributed by atoms with E-state index in [9.17, 15) is 0 Å². The molecule has 1 atom stereocenters. The molecular formula is C16H25IN6OS. The van der Waals surface area contributed by atoms with Crippen molar-refractivity contribution in [2.45, 2.75) is 26.7 Å². The molecule has 0 aliphatic carbocycles. The molecule has 0 spiro atoms. The lowest BCUT2D eigenvalue weighted by atomic mass is 10.00. The normalized spacial score (nSPS) is 16.7. The van der Waals surface area contributed by atoms with E-state index in [2.05, 4.69) is 31.9 Å². The van der Waals surface area contributed by atoms with Crippen LogP contribution in [0.25, 0.3) is 0 Å². The van der Waals surface area contributed by atoms with Crippen molar-refractivity contribution < 1.29 is 4.52 Å². The Bertz CT molecular complexity index is 674. The van der Waals surface area contributed by atoms with Crippen molar-refractivity contribution in [3.8, 4) is 0 Å². The second-order valence-electron chi connectivity index (χ2n) is 6.13. The van der Waals surface area contributed by atoms with E-state index in [1.807, 2.05) is 25.4 Å². The Labute approximate surface area is 169 Å². The first-order valence-electron chi connectivity index (χ1n) is 8.18. The third-order valence-corrected chi connectivity index (χ3v) is 5.23. The summed E-state index contributed by atoms with van der Waals surface area (Å²) in [5.74, 6) is 1.73. The highest BCUT2D eigenvalue weighted by molar-refractivity contribution is 14.0. The largest absolute Gasteiger partial charge is 0.370 e. The summed E-state index contributed by atoms with van der Waals surface area (Å²) in [4.78, 5) is 13.4. The number of rotatable bonds is 4. The highest BCUT2D eigenvalue weighted by Gasteiger charge is 2.21. The molecule has 0 saturated carbocycles. The Morgan fingerprint density at radius 3 is 2.64 bits per heavy atom. The van der Waals surface area contributed by atoms with Crippen LogP contribution in [0.4, 0.5) is 5.13 Å². The van der Waals surface area contributed by atoms with Crippen molar-refractivity contribution in [2.75, 3.05) is 37.6 Å². The van der Waals surface area contributed by atoms with Crippen LogP contribution < -0.4 is 10.6 Å². The van der Waals surface area contributed by atoms with E-state index in [0.717, 1.165) is 48.3 Å². The van der Waals surface area contributed by atoms with E-state index in [4.69, 9.17) is 10.3 Å². The smallest absolute Gasteiger partial charge is 0.191 e. The molecular weight excluding hydrogens is 451 g/mol. The number of nitrogens with zero attached hydrogens (tertiary/aromatic N) is 5. The number of piperazine rings is 1. The molecule has 0 bridgehead atoms. The third-order valence-electron chi connectivity index (χ3n) is 4.40. The second kappa shape index (κ2) is 8.84. The summed E-state index contributed by atoms with van der Waals surface area (Å²) in [6.45, 7) is 10.3. The van der Waals surface area contributed by atoms with Gasteiger partial charge in [-0.2, -0.15) is 0 Å². The fourth-order valence-electron chi connectivity index (χ4n) is 3.11. The minimum atomic E-state index is 0. The van der Waals surface area contributed by atoms with Gasteiger partial charge in [-0.15, -0.1) is 35.3 Å². The van der Waals surface area contributed by atoms with Crippen LogP contribution in [0.1, 0.15) is 29.9 Å². The zero-order valence-corrected chi connectivity index (χ0v) is 18.0. The molecule has 1 aliphatic heterocycles. The molecule has 0 amide bonds. The Kier molecular flexibility index (Phi) is 7.05. The van der Waals surface area contributed by atoms with Gasteiger partial charge < -0.3 is 20.1 Å². The Morgan fingerprint density at radius 2 is 2.08 bits per heavy atom. The maximum atomic E-state index is 6.20. The average Bonchev–Trinajstić information content (AvgIpc) is 3.23. The molecule has 1 fully saturated rings. The van der Waals surface area contributed by atoms with Crippen LogP contribution in [-0.2, 0) is 0 Å². The minimum absolute atomic E-state index is 0. The van der Waals surface area contributed by atoms with Gasteiger partial charge in [-0.05, 0) is 13.8 Å². The quantitative estimate of drug-likeness (QED) is 0.415.